The van der Waals surface area contributed by atoms with Gasteiger partial charge in [0.05, 0.1) is 23.0 Å². The zero-order valence-corrected chi connectivity index (χ0v) is 16.4. The molecule has 3 aromatic carbocycles. The maximum absolute atomic E-state index is 13.2. The number of carbonyl (C=O) groups is 2. The standard InChI is InChI=1S/C24H20FN3O2/c1-16(29)12-17-4-2-5-18(13-17)14-26-24(30)21-6-3-7-23-22(21)15-27-28(23)20-10-8-19(25)9-11-20/h2-11,13,15H,12,14H2,1H3,(H,26,30). The van der Waals surface area contributed by atoms with Crippen LogP contribution >= 0.6 is 0 Å². The molecule has 1 heterocycles. The van der Waals surface area contributed by atoms with Crippen molar-refractivity contribution in [2.45, 2.75) is 19.9 Å². The molecule has 0 radical (unpaired) electrons. The molecule has 4 aromatic rings. The average Bonchev–Trinajstić information content (AvgIpc) is 3.16. The van der Waals surface area contributed by atoms with Crippen molar-refractivity contribution >= 4 is 22.6 Å². The minimum absolute atomic E-state index is 0.0982. The lowest BCUT2D eigenvalue weighted by Gasteiger charge is -2.08. The monoisotopic (exact) mass is 401 g/mol. The first kappa shape index (κ1) is 19.5. The van der Waals surface area contributed by atoms with Crippen molar-refractivity contribution in [3.8, 4) is 5.69 Å². The molecule has 0 spiro atoms. The van der Waals surface area contributed by atoms with Gasteiger partial charge < -0.3 is 5.32 Å². The number of hydrogen-bond acceptors (Lipinski definition) is 3. The summed E-state index contributed by atoms with van der Waals surface area (Å²) in [6, 6.07) is 19.1. The molecule has 0 bridgehead atoms. The van der Waals surface area contributed by atoms with Crippen molar-refractivity contribution in [2.24, 2.45) is 0 Å². The van der Waals surface area contributed by atoms with Crippen LogP contribution in [0.2, 0.25) is 0 Å². The topological polar surface area (TPSA) is 64.0 Å². The molecule has 0 fully saturated rings. The summed E-state index contributed by atoms with van der Waals surface area (Å²) in [5.74, 6) is -0.431. The maximum atomic E-state index is 13.2. The van der Waals surface area contributed by atoms with Crippen molar-refractivity contribution in [3.63, 3.8) is 0 Å². The fourth-order valence-electron chi connectivity index (χ4n) is 3.45. The van der Waals surface area contributed by atoms with Gasteiger partial charge in [-0.1, -0.05) is 30.3 Å². The summed E-state index contributed by atoms with van der Waals surface area (Å²) in [5, 5.41) is 8.02. The first-order chi connectivity index (χ1) is 14.5. The Morgan fingerprint density at radius 2 is 1.73 bits per heavy atom. The molecule has 1 N–H and O–H groups in total. The number of hydrogen-bond donors (Lipinski definition) is 1. The Morgan fingerprint density at radius 3 is 2.50 bits per heavy atom. The van der Waals surface area contributed by atoms with E-state index in [0.717, 1.165) is 16.6 Å². The Bertz CT molecular complexity index is 1230. The first-order valence-electron chi connectivity index (χ1n) is 9.59. The third-order valence-corrected chi connectivity index (χ3v) is 4.83. The fraction of sp³-hybridized carbons (Fsp3) is 0.125. The minimum Gasteiger partial charge on any atom is -0.348 e. The second-order valence-electron chi connectivity index (χ2n) is 7.15. The van der Waals surface area contributed by atoms with Gasteiger partial charge in [-0.05, 0) is 54.4 Å². The van der Waals surface area contributed by atoms with Gasteiger partial charge in [-0.15, -0.1) is 0 Å². The number of ketones is 1. The van der Waals surface area contributed by atoms with Gasteiger partial charge in [-0.2, -0.15) is 5.10 Å². The van der Waals surface area contributed by atoms with Crippen LogP contribution < -0.4 is 5.32 Å². The van der Waals surface area contributed by atoms with E-state index in [2.05, 4.69) is 10.4 Å². The molecule has 0 aliphatic heterocycles. The number of fused-ring (bicyclic) bond motifs is 1. The lowest BCUT2D eigenvalue weighted by atomic mass is 10.1. The summed E-state index contributed by atoms with van der Waals surface area (Å²) in [5.41, 5.74) is 3.85. The van der Waals surface area contributed by atoms with Gasteiger partial charge >= 0.3 is 0 Å². The molecule has 0 saturated carbocycles. The normalized spacial score (nSPS) is 10.9. The summed E-state index contributed by atoms with van der Waals surface area (Å²) in [4.78, 5) is 24.2. The molecule has 4 rings (SSSR count). The predicted octanol–water partition coefficient (Wildman–Crippen LogP) is 4.23. The lowest BCUT2D eigenvalue weighted by Crippen LogP contribution is -2.23. The van der Waals surface area contributed by atoms with E-state index in [1.165, 1.54) is 12.1 Å². The number of benzene rings is 3. The second-order valence-corrected chi connectivity index (χ2v) is 7.15. The van der Waals surface area contributed by atoms with Crippen molar-refractivity contribution < 1.29 is 14.0 Å². The predicted molar refractivity (Wildman–Crippen MR) is 113 cm³/mol. The van der Waals surface area contributed by atoms with Crippen LogP contribution in [0.5, 0.6) is 0 Å². The highest BCUT2D eigenvalue weighted by Crippen LogP contribution is 2.22. The van der Waals surface area contributed by atoms with E-state index in [4.69, 9.17) is 0 Å². The molecule has 0 aliphatic rings. The van der Waals surface area contributed by atoms with Gasteiger partial charge in [0.25, 0.3) is 5.91 Å². The number of nitrogens with zero attached hydrogens (tertiary/aromatic N) is 2. The van der Waals surface area contributed by atoms with Crippen LogP contribution in [0.1, 0.15) is 28.4 Å². The second kappa shape index (κ2) is 8.29. The molecular weight excluding hydrogens is 381 g/mol. The molecule has 0 atom stereocenters. The van der Waals surface area contributed by atoms with Gasteiger partial charge in [0.2, 0.25) is 0 Å². The van der Waals surface area contributed by atoms with Gasteiger partial charge in [0.1, 0.15) is 11.6 Å². The minimum atomic E-state index is -0.317. The summed E-state index contributed by atoms with van der Waals surface area (Å²) >= 11 is 0. The summed E-state index contributed by atoms with van der Waals surface area (Å²) < 4.78 is 14.9. The summed E-state index contributed by atoms with van der Waals surface area (Å²) in [6.07, 6.45) is 2.02. The third-order valence-electron chi connectivity index (χ3n) is 4.83. The molecule has 5 nitrogen and oxygen atoms in total. The highest BCUT2D eigenvalue weighted by molar-refractivity contribution is 6.06. The molecule has 30 heavy (non-hydrogen) atoms. The van der Waals surface area contributed by atoms with Crippen LogP contribution in [-0.4, -0.2) is 21.5 Å². The largest absolute Gasteiger partial charge is 0.348 e. The number of carbonyl (C=O) groups excluding carboxylic acids is 2. The van der Waals surface area contributed by atoms with E-state index in [9.17, 15) is 14.0 Å². The maximum Gasteiger partial charge on any atom is 0.252 e. The zero-order valence-electron chi connectivity index (χ0n) is 16.4. The number of Topliss-reactive ketones (excluding diaryl/α,β-unsaturated/α-hetero) is 1. The molecule has 0 saturated heterocycles. The average molecular weight is 401 g/mol. The van der Waals surface area contributed by atoms with E-state index in [-0.39, 0.29) is 17.5 Å². The van der Waals surface area contributed by atoms with Crippen LogP contribution in [0.25, 0.3) is 16.6 Å². The molecular formula is C24H20FN3O2. The van der Waals surface area contributed by atoms with Gasteiger partial charge in [-0.25, -0.2) is 9.07 Å². The Balaban J connectivity index is 1.55. The molecule has 1 amide bonds. The number of amides is 1. The highest BCUT2D eigenvalue weighted by Gasteiger charge is 2.14. The number of halogens is 1. The molecule has 1 aromatic heterocycles. The van der Waals surface area contributed by atoms with E-state index in [1.807, 2.05) is 30.3 Å². The Labute approximate surface area is 173 Å². The van der Waals surface area contributed by atoms with Crippen molar-refractivity contribution in [3.05, 3.63) is 95.4 Å². The SMILES string of the molecule is CC(=O)Cc1cccc(CNC(=O)c2cccc3c2cnn3-c2ccc(F)cc2)c1. The first-order valence-corrected chi connectivity index (χ1v) is 9.59. The van der Waals surface area contributed by atoms with Gasteiger partial charge in [0.15, 0.2) is 0 Å². The molecule has 0 aliphatic carbocycles. The van der Waals surface area contributed by atoms with E-state index in [1.54, 1.807) is 42.1 Å². The van der Waals surface area contributed by atoms with Gasteiger partial charge in [-0.3, -0.25) is 9.59 Å². The van der Waals surface area contributed by atoms with E-state index >= 15 is 0 Å². The fourth-order valence-corrected chi connectivity index (χ4v) is 3.45. The number of aromatic nitrogens is 2. The van der Waals surface area contributed by atoms with Crippen molar-refractivity contribution in [1.29, 1.82) is 0 Å². The lowest BCUT2D eigenvalue weighted by molar-refractivity contribution is -0.116. The third kappa shape index (κ3) is 4.12. The van der Waals surface area contributed by atoms with Crippen LogP contribution in [0, 0.1) is 5.82 Å². The van der Waals surface area contributed by atoms with E-state index in [0.29, 0.717) is 29.6 Å². The van der Waals surface area contributed by atoms with Crippen molar-refractivity contribution in [1.82, 2.24) is 15.1 Å². The zero-order chi connectivity index (χ0) is 21.1. The molecule has 0 unspecified atom stereocenters. The molecule has 150 valence electrons. The van der Waals surface area contributed by atoms with Crippen LogP contribution in [0.3, 0.4) is 0 Å². The van der Waals surface area contributed by atoms with Crippen LogP contribution in [0.4, 0.5) is 4.39 Å². The van der Waals surface area contributed by atoms with Crippen LogP contribution in [-0.2, 0) is 17.8 Å². The van der Waals surface area contributed by atoms with Crippen molar-refractivity contribution in [2.75, 3.05) is 0 Å². The summed E-state index contributed by atoms with van der Waals surface area (Å²) in [7, 11) is 0. The highest BCUT2D eigenvalue weighted by atomic mass is 19.1. The molecule has 6 heteroatoms. The quantitative estimate of drug-likeness (QED) is 0.526. The van der Waals surface area contributed by atoms with E-state index < -0.39 is 0 Å². The number of rotatable bonds is 6. The number of nitrogens with one attached hydrogen (secondary N) is 1. The Hall–Kier alpha value is -3.80. The Kier molecular flexibility index (Phi) is 5.39. The van der Waals surface area contributed by atoms with Crippen LogP contribution in [0.15, 0.2) is 72.9 Å². The Morgan fingerprint density at radius 1 is 1.00 bits per heavy atom. The summed E-state index contributed by atoms with van der Waals surface area (Å²) in [6.45, 7) is 1.91. The smallest absolute Gasteiger partial charge is 0.252 e. The van der Waals surface area contributed by atoms with Gasteiger partial charge in [0, 0.05) is 18.4 Å².